The van der Waals surface area contributed by atoms with Gasteiger partial charge in [0.15, 0.2) is 0 Å². The molecule has 4 heteroatoms. The molecular weight excluding hydrogens is 218 g/mol. The molecular formula is C13H19NO3. The lowest BCUT2D eigenvalue weighted by molar-refractivity contribution is 0.0697. The summed E-state index contributed by atoms with van der Waals surface area (Å²) in [5.74, 6) is -0.930. The number of methoxy groups -OCH3 is 1. The fourth-order valence-corrected chi connectivity index (χ4v) is 1.71. The molecule has 0 heterocycles. The number of carboxylic acid groups (broad SMARTS) is 1. The van der Waals surface area contributed by atoms with Gasteiger partial charge in [0.05, 0.1) is 17.7 Å². The van der Waals surface area contributed by atoms with Gasteiger partial charge in [-0.25, -0.2) is 4.79 Å². The second-order valence-electron chi connectivity index (χ2n) is 4.80. The van der Waals surface area contributed by atoms with E-state index in [-0.39, 0.29) is 11.1 Å². The molecule has 0 aliphatic carbocycles. The summed E-state index contributed by atoms with van der Waals surface area (Å²) in [6.45, 7) is 6.36. The maximum Gasteiger partial charge on any atom is 0.337 e. The molecule has 1 aromatic carbocycles. The van der Waals surface area contributed by atoms with Crippen LogP contribution >= 0.6 is 0 Å². The van der Waals surface area contributed by atoms with Crippen LogP contribution in [0.25, 0.3) is 0 Å². The molecule has 0 unspecified atom stereocenters. The second kappa shape index (κ2) is 5.19. The number of carbonyl (C=O) groups is 1. The zero-order valence-electron chi connectivity index (χ0n) is 10.7. The average molecular weight is 237 g/mol. The molecule has 17 heavy (non-hydrogen) atoms. The van der Waals surface area contributed by atoms with E-state index in [2.05, 4.69) is 5.32 Å². The van der Waals surface area contributed by atoms with Crippen molar-refractivity contribution in [3.05, 3.63) is 29.3 Å². The van der Waals surface area contributed by atoms with Crippen LogP contribution in [0.2, 0.25) is 0 Å². The van der Waals surface area contributed by atoms with E-state index < -0.39 is 5.97 Å². The van der Waals surface area contributed by atoms with E-state index >= 15 is 0 Å². The summed E-state index contributed by atoms with van der Waals surface area (Å²) in [5, 5.41) is 12.3. The highest BCUT2D eigenvalue weighted by Gasteiger charge is 2.20. The van der Waals surface area contributed by atoms with Gasteiger partial charge < -0.3 is 15.2 Å². The first-order chi connectivity index (χ1) is 7.85. The van der Waals surface area contributed by atoms with Crippen molar-refractivity contribution in [2.45, 2.75) is 26.3 Å². The largest absolute Gasteiger partial charge is 0.478 e. The van der Waals surface area contributed by atoms with E-state index in [9.17, 15) is 4.79 Å². The molecule has 1 aromatic rings. The number of aryl methyl sites for hydroxylation is 1. The molecule has 94 valence electrons. The standard InChI is InChI=1S/C13H19NO3/c1-9-5-6-10(12(15)16)11(7-9)14-13(2,3)8-17-4/h5-7,14H,8H2,1-4H3,(H,15,16). The lowest BCUT2D eigenvalue weighted by atomic mass is 10.0. The van der Waals surface area contributed by atoms with Crippen LogP contribution < -0.4 is 5.32 Å². The minimum atomic E-state index is -0.930. The predicted molar refractivity (Wildman–Crippen MR) is 67.7 cm³/mol. The molecule has 0 aliphatic rings. The summed E-state index contributed by atoms with van der Waals surface area (Å²) in [4.78, 5) is 11.1. The van der Waals surface area contributed by atoms with E-state index in [1.54, 1.807) is 19.2 Å². The number of carboxylic acids is 1. The normalized spacial score (nSPS) is 11.3. The summed E-state index contributed by atoms with van der Waals surface area (Å²) >= 11 is 0. The van der Waals surface area contributed by atoms with Gasteiger partial charge in [-0.05, 0) is 38.5 Å². The van der Waals surface area contributed by atoms with E-state index in [0.29, 0.717) is 12.3 Å². The van der Waals surface area contributed by atoms with Crippen molar-refractivity contribution in [3.8, 4) is 0 Å². The highest BCUT2D eigenvalue weighted by Crippen LogP contribution is 2.22. The number of benzene rings is 1. The average Bonchev–Trinajstić information content (AvgIpc) is 2.15. The van der Waals surface area contributed by atoms with Crippen molar-refractivity contribution in [2.24, 2.45) is 0 Å². The molecule has 0 saturated heterocycles. The van der Waals surface area contributed by atoms with Crippen LogP contribution in [0.1, 0.15) is 29.8 Å². The van der Waals surface area contributed by atoms with Gasteiger partial charge in [-0.1, -0.05) is 6.07 Å². The first kappa shape index (κ1) is 13.5. The number of hydrogen-bond acceptors (Lipinski definition) is 3. The third kappa shape index (κ3) is 3.75. The van der Waals surface area contributed by atoms with Crippen LogP contribution in [-0.2, 0) is 4.74 Å². The zero-order chi connectivity index (χ0) is 13.1. The molecule has 0 aliphatic heterocycles. The topological polar surface area (TPSA) is 58.6 Å². The van der Waals surface area contributed by atoms with Crippen molar-refractivity contribution in [1.29, 1.82) is 0 Å². The smallest absolute Gasteiger partial charge is 0.337 e. The minimum absolute atomic E-state index is 0.278. The minimum Gasteiger partial charge on any atom is -0.478 e. The van der Waals surface area contributed by atoms with Gasteiger partial charge >= 0.3 is 5.97 Å². The van der Waals surface area contributed by atoms with Gasteiger partial charge in [0.25, 0.3) is 0 Å². The zero-order valence-corrected chi connectivity index (χ0v) is 10.7. The van der Waals surface area contributed by atoms with Gasteiger partial charge in [-0.15, -0.1) is 0 Å². The lowest BCUT2D eigenvalue weighted by Gasteiger charge is -2.27. The Morgan fingerprint density at radius 1 is 1.47 bits per heavy atom. The number of anilines is 1. The highest BCUT2D eigenvalue weighted by atomic mass is 16.5. The van der Waals surface area contributed by atoms with Gasteiger partial charge in [-0.3, -0.25) is 0 Å². The fourth-order valence-electron chi connectivity index (χ4n) is 1.71. The van der Waals surface area contributed by atoms with E-state index in [1.807, 2.05) is 26.8 Å². The van der Waals surface area contributed by atoms with Crippen molar-refractivity contribution >= 4 is 11.7 Å². The molecule has 0 bridgehead atoms. The molecule has 0 spiro atoms. The summed E-state index contributed by atoms with van der Waals surface area (Å²) in [7, 11) is 1.62. The maximum absolute atomic E-state index is 11.1. The number of hydrogen-bond donors (Lipinski definition) is 2. The lowest BCUT2D eigenvalue weighted by Crippen LogP contribution is -2.36. The SMILES string of the molecule is COCC(C)(C)Nc1cc(C)ccc1C(=O)O. The molecule has 0 radical (unpaired) electrons. The van der Waals surface area contributed by atoms with Crippen LogP contribution in [0.15, 0.2) is 18.2 Å². The summed E-state index contributed by atoms with van der Waals surface area (Å²) < 4.78 is 5.10. The molecule has 0 fully saturated rings. The van der Waals surface area contributed by atoms with Crippen LogP contribution in [-0.4, -0.2) is 30.3 Å². The second-order valence-corrected chi connectivity index (χ2v) is 4.80. The Morgan fingerprint density at radius 2 is 2.12 bits per heavy atom. The fraction of sp³-hybridized carbons (Fsp3) is 0.462. The van der Waals surface area contributed by atoms with Gasteiger partial charge in [0.2, 0.25) is 0 Å². The Morgan fingerprint density at radius 3 is 2.65 bits per heavy atom. The summed E-state index contributed by atoms with van der Waals surface area (Å²) in [6, 6.07) is 5.24. The van der Waals surface area contributed by atoms with Gasteiger partial charge in [0, 0.05) is 12.8 Å². The van der Waals surface area contributed by atoms with Crippen LogP contribution in [0, 0.1) is 6.92 Å². The van der Waals surface area contributed by atoms with Crippen LogP contribution in [0.4, 0.5) is 5.69 Å². The van der Waals surface area contributed by atoms with Crippen molar-refractivity contribution in [2.75, 3.05) is 19.0 Å². The number of aromatic carboxylic acids is 1. The molecule has 0 saturated carbocycles. The Bertz CT molecular complexity index is 413. The Kier molecular flexibility index (Phi) is 4.12. The van der Waals surface area contributed by atoms with Crippen molar-refractivity contribution in [3.63, 3.8) is 0 Å². The quantitative estimate of drug-likeness (QED) is 0.826. The Hall–Kier alpha value is -1.55. The Labute approximate surface area is 102 Å². The molecule has 4 nitrogen and oxygen atoms in total. The van der Waals surface area contributed by atoms with Crippen LogP contribution in [0.3, 0.4) is 0 Å². The van der Waals surface area contributed by atoms with E-state index in [0.717, 1.165) is 5.56 Å². The van der Waals surface area contributed by atoms with E-state index in [1.165, 1.54) is 0 Å². The first-order valence-corrected chi connectivity index (χ1v) is 5.47. The first-order valence-electron chi connectivity index (χ1n) is 5.47. The molecule has 0 atom stereocenters. The van der Waals surface area contributed by atoms with Crippen molar-refractivity contribution in [1.82, 2.24) is 0 Å². The summed E-state index contributed by atoms with van der Waals surface area (Å²) in [5.41, 5.74) is 1.61. The van der Waals surface area contributed by atoms with Crippen LogP contribution in [0.5, 0.6) is 0 Å². The molecule has 2 N–H and O–H groups in total. The number of ether oxygens (including phenoxy) is 1. The van der Waals surface area contributed by atoms with Gasteiger partial charge in [0.1, 0.15) is 0 Å². The third-order valence-corrected chi connectivity index (χ3v) is 2.38. The van der Waals surface area contributed by atoms with E-state index in [4.69, 9.17) is 9.84 Å². The predicted octanol–water partition coefficient (Wildman–Crippen LogP) is 2.53. The monoisotopic (exact) mass is 237 g/mol. The number of nitrogens with one attached hydrogen (secondary N) is 1. The maximum atomic E-state index is 11.1. The third-order valence-electron chi connectivity index (χ3n) is 2.38. The van der Waals surface area contributed by atoms with Gasteiger partial charge in [-0.2, -0.15) is 0 Å². The number of rotatable bonds is 5. The highest BCUT2D eigenvalue weighted by molar-refractivity contribution is 5.94. The van der Waals surface area contributed by atoms with Crippen molar-refractivity contribution < 1.29 is 14.6 Å². The molecule has 0 amide bonds. The molecule has 0 aromatic heterocycles. The Balaban J connectivity index is 3.04. The molecule has 1 rings (SSSR count). The summed E-state index contributed by atoms with van der Waals surface area (Å²) in [6.07, 6.45) is 0.